The second-order valence-electron chi connectivity index (χ2n) is 6.80. The normalized spacial score (nSPS) is 12.3. The van der Waals surface area contributed by atoms with E-state index in [0.717, 1.165) is 11.0 Å². The summed E-state index contributed by atoms with van der Waals surface area (Å²) in [4.78, 5) is 18.1. The molecule has 1 unspecified atom stereocenters. The van der Waals surface area contributed by atoms with Crippen LogP contribution in [0.1, 0.15) is 15.9 Å². The highest BCUT2D eigenvalue weighted by atomic mass is 32.2. The quantitative estimate of drug-likeness (QED) is 0.501. The Balaban J connectivity index is 2.10. The molecule has 0 saturated carbocycles. The smallest absolute Gasteiger partial charge is 0.416 e. The van der Waals surface area contributed by atoms with Gasteiger partial charge in [-0.3, -0.25) is 14.0 Å². The van der Waals surface area contributed by atoms with Crippen LogP contribution in [0, 0.1) is 5.82 Å². The summed E-state index contributed by atoms with van der Waals surface area (Å²) in [5, 5.41) is 0. The van der Waals surface area contributed by atoms with Gasteiger partial charge in [-0.05, 0) is 36.4 Å². The van der Waals surface area contributed by atoms with Crippen molar-refractivity contribution in [2.75, 3.05) is 25.3 Å². The Morgan fingerprint density at radius 1 is 1.09 bits per heavy atom. The van der Waals surface area contributed by atoms with Gasteiger partial charge >= 0.3 is 6.18 Å². The van der Waals surface area contributed by atoms with Crippen molar-refractivity contribution in [1.82, 2.24) is 4.98 Å². The monoisotopic (exact) mass is 466 g/mol. The molecule has 32 heavy (non-hydrogen) atoms. The van der Waals surface area contributed by atoms with Crippen LogP contribution in [0.25, 0.3) is 11.1 Å². The Kier molecular flexibility index (Phi) is 6.63. The molecular weight excluding hydrogens is 448 g/mol. The van der Waals surface area contributed by atoms with Crippen molar-refractivity contribution in [2.24, 2.45) is 0 Å². The summed E-state index contributed by atoms with van der Waals surface area (Å²) in [6.45, 7) is 0. The first-order chi connectivity index (χ1) is 15.0. The maximum atomic E-state index is 13.6. The Morgan fingerprint density at radius 2 is 1.81 bits per heavy atom. The largest absolute Gasteiger partial charge is 0.496 e. The van der Waals surface area contributed by atoms with E-state index in [2.05, 4.69) is 4.98 Å². The van der Waals surface area contributed by atoms with Crippen molar-refractivity contribution in [3.63, 3.8) is 0 Å². The molecule has 0 bridgehead atoms. The van der Waals surface area contributed by atoms with E-state index in [1.54, 1.807) is 6.07 Å². The van der Waals surface area contributed by atoms with Crippen LogP contribution in [0.4, 0.5) is 23.2 Å². The Bertz CT molecular complexity index is 1200. The summed E-state index contributed by atoms with van der Waals surface area (Å²) in [6.07, 6.45) is -0.664. The van der Waals surface area contributed by atoms with Crippen molar-refractivity contribution in [2.45, 2.75) is 11.1 Å². The molecule has 0 aliphatic heterocycles. The zero-order valence-corrected chi connectivity index (χ0v) is 18.1. The minimum absolute atomic E-state index is 0.122. The molecule has 5 nitrogen and oxygen atoms in total. The first-order valence-corrected chi connectivity index (χ1v) is 10.7. The van der Waals surface area contributed by atoms with E-state index in [-0.39, 0.29) is 21.9 Å². The molecule has 0 fully saturated rings. The van der Waals surface area contributed by atoms with E-state index < -0.39 is 34.3 Å². The molecule has 0 saturated heterocycles. The number of methoxy groups -OCH3 is 1. The number of aromatic nitrogens is 1. The number of hydrogen-bond acceptors (Lipinski definition) is 4. The average molecular weight is 466 g/mol. The van der Waals surface area contributed by atoms with Crippen molar-refractivity contribution < 1.29 is 31.3 Å². The molecule has 10 heteroatoms. The van der Waals surface area contributed by atoms with Crippen LogP contribution >= 0.6 is 0 Å². The van der Waals surface area contributed by atoms with Crippen LogP contribution in [0.2, 0.25) is 0 Å². The van der Waals surface area contributed by atoms with Crippen molar-refractivity contribution in [3.8, 4) is 16.9 Å². The third-order valence-electron chi connectivity index (χ3n) is 4.73. The highest BCUT2D eigenvalue weighted by Gasteiger charge is 2.32. The molecule has 0 spiro atoms. The number of ether oxygens (including phenoxy) is 1. The molecule has 168 valence electrons. The van der Waals surface area contributed by atoms with Gasteiger partial charge in [0, 0.05) is 58.0 Å². The van der Waals surface area contributed by atoms with E-state index in [9.17, 15) is 26.6 Å². The zero-order chi connectivity index (χ0) is 23.6. The predicted molar refractivity (Wildman–Crippen MR) is 113 cm³/mol. The number of amides is 1. The minimum Gasteiger partial charge on any atom is -0.496 e. The number of rotatable bonds is 5. The number of hydrogen-bond donors (Lipinski definition) is 0. The van der Waals surface area contributed by atoms with Gasteiger partial charge in [-0.2, -0.15) is 13.2 Å². The zero-order valence-electron chi connectivity index (χ0n) is 17.2. The van der Waals surface area contributed by atoms with Gasteiger partial charge in [0.15, 0.2) is 0 Å². The maximum Gasteiger partial charge on any atom is 0.416 e. The number of alkyl halides is 3. The predicted octanol–water partition coefficient (Wildman–Crippen LogP) is 4.93. The standard InChI is InChI=1S/C22H18F4N2O3S/c1-28(21(29)13-8-14(22(24,25)26)10-16(9-13)32(3)30)19-12-27-7-6-17(19)18-5-4-15(23)11-20(18)31-2/h4-12H,1-3H3. The fraction of sp³-hybridized carbons (Fsp3) is 0.182. The lowest BCUT2D eigenvalue weighted by Gasteiger charge is -2.22. The third-order valence-corrected chi connectivity index (χ3v) is 5.63. The second-order valence-corrected chi connectivity index (χ2v) is 8.18. The van der Waals surface area contributed by atoms with E-state index in [4.69, 9.17) is 4.74 Å². The number of anilines is 1. The number of benzene rings is 2. The third kappa shape index (κ3) is 4.80. The van der Waals surface area contributed by atoms with Crippen LogP contribution in [0.5, 0.6) is 5.75 Å². The van der Waals surface area contributed by atoms with Gasteiger partial charge < -0.3 is 9.64 Å². The van der Waals surface area contributed by atoms with Crippen molar-refractivity contribution in [3.05, 3.63) is 71.8 Å². The van der Waals surface area contributed by atoms with E-state index >= 15 is 0 Å². The van der Waals surface area contributed by atoms with Crippen LogP contribution in [-0.2, 0) is 17.0 Å². The van der Waals surface area contributed by atoms with Gasteiger partial charge in [-0.25, -0.2) is 4.39 Å². The fourth-order valence-electron chi connectivity index (χ4n) is 3.12. The Morgan fingerprint density at radius 3 is 2.44 bits per heavy atom. The summed E-state index contributed by atoms with van der Waals surface area (Å²) in [5.41, 5.74) is -0.176. The molecule has 3 aromatic rings. The van der Waals surface area contributed by atoms with Crippen LogP contribution in [0.3, 0.4) is 0 Å². The highest BCUT2D eigenvalue weighted by Crippen LogP contribution is 2.37. The summed E-state index contributed by atoms with van der Waals surface area (Å²) < 4.78 is 70.7. The van der Waals surface area contributed by atoms with E-state index in [0.29, 0.717) is 17.2 Å². The SMILES string of the molecule is COc1cc(F)ccc1-c1ccncc1N(C)C(=O)c1cc(S(C)=O)cc(C(F)(F)F)c1. The molecule has 1 heterocycles. The second kappa shape index (κ2) is 9.07. The highest BCUT2D eigenvalue weighted by molar-refractivity contribution is 7.84. The minimum atomic E-state index is -4.72. The van der Waals surface area contributed by atoms with Crippen molar-refractivity contribution in [1.29, 1.82) is 0 Å². The molecule has 3 rings (SSSR count). The van der Waals surface area contributed by atoms with E-state index in [1.165, 1.54) is 57.1 Å². The summed E-state index contributed by atoms with van der Waals surface area (Å²) in [5.74, 6) is -1.08. The summed E-state index contributed by atoms with van der Waals surface area (Å²) >= 11 is 0. The Hall–Kier alpha value is -3.27. The van der Waals surface area contributed by atoms with Crippen molar-refractivity contribution >= 4 is 22.4 Å². The molecule has 0 aliphatic rings. The molecule has 2 aromatic carbocycles. The summed E-state index contributed by atoms with van der Waals surface area (Å²) in [6, 6.07) is 8.08. The Labute approximate surface area is 184 Å². The number of pyridine rings is 1. The van der Waals surface area contributed by atoms with Gasteiger partial charge in [-0.1, -0.05) is 0 Å². The summed E-state index contributed by atoms with van der Waals surface area (Å²) in [7, 11) is 1.01. The van der Waals surface area contributed by atoms with E-state index in [1.807, 2.05) is 0 Å². The van der Waals surface area contributed by atoms with Crippen LogP contribution in [-0.4, -0.2) is 35.5 Å². The first kappa shape index (κ1) is 23.4. The first-order valence-electron chi connectivity index (χ1n) is 9.14. The number of carbonyl (C=O) groups is 1. The van der Waals surface area contributed by atoms with Gasteiger partial charge in [0.05, 0.1) is 24.6 Å². The lowest BCUT2D eigenvalue weighted by atomic mass is 10.0. The van der Waals surface area contributed by atoms with Gasteiger partial charge in [0.25, 0.3) is 5.91 Å². The van der Waals surface area contributed by atoms with Gasteiger partial charge in [0.2, 0.25) is 0 Å². The average Bonchev–Trinajstić information content (AvgIpc) is 2.77. The topological polar surface area (TPSA) is 59.5 Å². The van der Waals surface area contributed by atoms with Gasteiger partial charge in [0.1, 0.15) is 11.6 Å². The lowest BCUT2D eigenvalue weighted by molar-refractivity contribution is -0.137. The molecule has 1 atom stereocenters. The lowest BCUT2D eigenvalue weighted by Crippen LogP contribution is -2.27. The maximum absolute atomic E-state index is 13.6. The number of carbonyl (C=O) groups excluding carboxylic acids is 1. The molecule has 0 radical (unpaired) electrons. The molecule has 0 aliphatic carbocycles. The number of nitrogens with zero attached hydrogens (tertiary/aromatic N) is 2. The number of halogens is 4. The van der Waals surface area contributed by atoms with Crippen LogP contribution < -0.4 is 9.64 Å². The fourth-order valence-corrected chi connectivity index (χ4v) is 3.71. The molecule has 1 amide bonds. The van der Waals surface area contributed by atoms with Gasteiger partial charge in [-0.15, -0.1) is 0 Å². The molecular formula is C22H18F4N2O3S. The molecule has 1 aromatic heterocycles. The molecule has 0 N–H and O–H groups in total. The van der Waals surface area contributed by atoms with Crippen LogP contribution in [0.15, 0.2) is 59.8 Å².